The van der Waals surface area contributed by atoms with Crippen molar-refractivity contribution in [1.82, 2.24) is 9.88 Å². The molecule has 1 aromatic rings. The Bertz CT molecular complexity index is 376. The Labute approximate surface area is 138 Å². The quantitative estimate of drug-likeness (QED) is 0.432. The molecule has 0 spiro atoms. The van der Waals surface area contributed by atoms with Gasteiger partial charge in [0.05, 0.1) is 5.69 Å². The van der Waals surface area contributed by atoms with Crippen LogP contribution in [-0.2, 0) is 6.54 Å². The van der Waals surface area contributed by atoms with E-state index in [0.29, 0.717) is 0 Å². The molecule has 22 heavy (non-hydrogen) atoms. The van der Waals surface area contributed by atoms with Crippen molar-refractivity contribution in [3.63, 3.8) is 0 Å². The number of hydrogen-bond acceptors (Lipinski definition) is 2. The van der Waals surface area contributed by atoms with E-state index in [0.717, 1.165) is 12.2 Å². The molecular weight excluding hydrogens is 268 g/mol. The zero-order chi connectivity index (χ0) is 16.0. The number of hydrogen-bond donors (Lipinski definition) is 0. The Morgan fingerprint density at radius 2 is 1.45 bits per heavy atom. The van der Waals surface area contributed by atoms with Crippen molar-refractivity contribution in [3.8, 4) is 0 Å². The number of aryl methyl sites for hydroxylation is 1. The highest BCUT2D eigenvalue weighted by molar-refractivity contribution is 5.09. The lowest BCUT2D eigenvalue weighted by atomic mass is 10.1. The van der Waals surface area contributed by atoms with Crippen LogP contribution in [0.1, 0.15) is 82.5 Å². The first-order valence-electron chi connectivity index (χ1n) is 9.33. The van der Waals surface area contributed by atoms with Gasteiger partial charge in [0, 0.05) is 12.2 Å². The SMILES string of the molecule is CCCCCCCCCCCCN(C)Cc1cccc(C)n1. The summed E-state index contributed by atoms with van der Waals surface area (Å²) < 4.78 is 0. The Morgan fingerprint density at radius 3 is 2.05 bits per heavy atom. The van der Waals surface area contributed by atoms with Crippen LogP contribution >= 0.6 is 0 Å². The Morgan fingerprint density at radius 1 is 0.864 bits per heavy atom. The third-order valence-corrected chi connectivity index (χ3v) is 4.27. The summed E-state index contributed by atoms with van der Waals surface area (Å²) in [6.45, 7) is 6.50. The van der Waals surface area contributed by atoms with Crippen LogP contribution < -0.4 is 0 Å². The van der Waals surface area contributed by atoms with E-state index in [1.807, 2.05) is 0 Å². The zero-order valence-electron chi connectivity index (χ0n) is 15.1. The normalized spacial score (nSPS) is 11.3. The summed E-state index contributed by atoms with van der Waals surface area (Å²) in [5.41, 5.74) is 2.31. The van der Waals surface area contributed by atoms with Crippen molar-refractivity contribution in [2.24, 2.45) is 0 Å². The Balaban J connectivity index is 1.94. The summed E-state index contributed by atoms with van der Waals surface area (Å²) in [6, 6.07) is 6.29. The number of aromatic nitrogens is 1. The smallest absolute Gasteiger partial charge is 0.0547 e. The molecule has 1 aromatic heterocycles. The minimum atomic E-state index is 0.971. The summed E-state index contributed by atoms with van der Waals surface area (Å²) in [4.78, 5) is 6.97. The molecule has 0 saturated heterocycles. The average Bonchev–Trinajstić information content (AvgIpc) is 2.49. The van der Waals surface area contributed by atoms with Gasteiger partial charge in [-0.25, -0.2) is 0 Å². The van der Waals surface area contributed by atoms with Gasteiger partial charge in [-0.05, 0) is 39.1 Å². The third kappa shape index (κ3) is 9.94. The lowest BCUT2D eigenvalue weighted by Gasteiger charge is -2.16. The van der Waals surface area contributed by atoms with E-state index in [9.17, 15) is 0 Å². The zero-order valence-corrected chi connectivity index (χ0v) is 15.1. The summed E-state index contributed by atoms with van der Waals surface area (Å²) in [5.74, 6) is 0. The molecule has 0 N–H and O–H groups in total. The first-order valence-corrected chi connectivity index (χ1v) is 9.33. The highest BCUT2D eigenvalue weighted by Crippen LogP contribution is 2.11. The molecule has 0 radical (unpaired) electrons. The Hall–Kier alpha value is -0.890. The highest BCUT2D eigenvalue weighted by atomic mass is 15.1. The summed E-state index contributed by atoms with van der Waals surface area (Å²) >= 11 is 0. The molecule has 126 valence electrons. The van der Waals surface area contributed by atoms with Gasteiger partial charge in [-0.2, -0.15) is 0 Å². The van der Waals surface area contributed by atoms with Gasteiger partial charge in [-0.1, -0.05) is 70.8 Å². The minimum Gasteiger partial charge on any atom is -0.301 e. The van der Waals surface area contributed by atoms with Crippen LogP contribution in [0.3, 0.4) is 0 Å². The number of pyridine rings is 1. The molecule has 2 heteroatoms. The van der Waals surface area contributed by atoms with E-state index in [-0.39, 0.29) is 0 Å². The van der Waals surface area contributed by atoms with E-state index in [1.54, 1.807) is 0 Å². The standard InChI is InChI=1S/C20H36N2/c1-4-5-6-7-8-9-10-11-12-13-17-22(3)18-20-16-14-15-19(2)21-20/h14-16H,4-13,17-18H2,1-3H3. The van der Waals surface area contributed by atoms with Crippen molar-refractivity contribution >= 4 is 0 Å². The Kier molecular flexibility index (Phi) is 11.0. The fourth-order valence-electron chi connectivity index (χ4n) is 2.91. The highest BCUT2D eigenvalue weighted by Gasteiger charge is 2.01. The average molecular weight is 305 g/mol. The van der Waals surface area contributed by atoms with Gasteiger partial charge in [0.25, 0.3) is 0 Å². The molecule has 0 bridgehead atoms. The largest absolute Gasteiger partial charge is 0.301 e. The first-order chi connectivity index (χ1) is 10.7. The fourth-order valence-corrected chi connectivity index (χ4v) is 2.91. The van der Waals surface area contributed by atoms with Gasteiger partial charge in [0.1, 0.15) is 0 Å². The van der Waals surface area contributed by atoms with Crippen LogP contribution in [0.5, 0.6) is 0 Å². The predicted molar refractivity (Wildman–Crippen MR) is 97.2 cm³/mol. The lowest BCUT2D eigenvalue weighted by molar-refractivity contribution is 0.312. The van der Waals surface area contributed by atoms with Crippen LogP contribution in [0.2, 0.25) is 0 Å². The van der Waals surface area contributed by atoms with E-state index >= 15 is 0 Å². The van der Waals surface area contributed by atoms with Crippen LogP contribution in [0.15, 0.2) is 18.2 Å². The maximum absolute atomic E-state index is 4.57. The number of nitrogens with zero attached hydrogens (tertiary/aromatic N) is 2. The van der Waals surface area contributed by atoms with Crippen LogP contribution in [0.25, 0.3) is 0 Å². The molecule has 2 nitrogen and oxygen atoms in total. The second-order valence-electron chi connectivity index (χ2n) is 6.69. The molecule has 0 aliphatic heterocycles. The summed E-state index contributed by atoms with van der Waals surface area (Å²) in [7, 11) is 2.21. The van der Waals surface area contributed by atoms with Crippen molar-refractivity contribution < 1.29 is 0 Å². The second kappa shape index (κ2) is 12.6. The first kappa shape index (κ1) is 19.2. The molecule has 0 unspecified atom stereocenters. The molecule has 0 aromatic carbocycles. The maximum Gasteiger partial charge on any atom is 0.0547 e. The summed E-state index contributed by atoms with van der Waals surface area (Å²) in [5, 5.41) is 0. The molecule has 0 atom stereocenters. The van der Waals surface area contributed by atoms with Gasteiger partial charge >= 0.3 is 0 Å². The van der Waals surface area contributed by atoms with Gasteiger partial charge in [-0.3, -0.25) is 4.98 Å². The van der Waals surface area contributed by atoms with Crippen LogP contribution in [0, 0.1) is 6.92 Å². The van der Waals surface area contributed by atoms with Gasteiger partial charge in [-0.15, -0.1) is 0 Å². The van der Waals surface area contributed by atoms with Crippen molar-refractivity contribution in [3.05, 3.63) is 29.6 Å². The summed E-state index contributed by atoms with van der Waals surface area (Å²) in [6.07, 6.45) is 14.1. The number of unbranched alkanes of at least 4 members (excludes halogenated alkanes) is 9. The lowest BCUT2D eigenvalue weighted by Crippen LogP contribution is -2.19. The molecule has 0 fully saturated rings. The minimum absolute atomic E-state index is 0.971. The fraction of sp³-hybridized carbons (Fsp3) is 0.750. The van der Waals surface area contributed by atoms with Gasteiger partial charge < -0.3 is 4.90 Å². The van der Waals surface area contributed by atoms with E-state index in [2.05, 4.69) is 49.0 Å². The molecule has 0 aliphatic rings. The molecule has 0 aliphatic carbocycles. The molecule has 0 saturated carbocycles. The monoisotopic (exact) mass is 304 g/mol. The molecule has 0 amide bonds. The van der Waals surface area contributed by atoms with E-state index in [1.165, 1.54) is 76.4 Å². The van der Waals surface area contributed by atoms with E-state index < -0.39 is 0 Å². The molecule has 1 rings (SSSR count). The topological polar surface area (TPSA) is 16.1 Å². The van der Waals surface area contributed by atoms with Gasteiger partial charge in [0.2, 0.25) is 0 Å². The molecular formula is C20H36N2. The van der Waals surface area contributed by atoms with Crippen LogP contribution in [0.4, 0.5) is 0 Å². The van der Waals surface area contributed by atoms with Crippen molar-refractivity contribution in [1.29, 1.82) is 0 Å². The second-order valence-corrected chi connectivity index (χ2v) is 6.69. The maximum atomic E-state index is 4.57. The van der Waals surface area contributed by atoms with E-state index in [4.69, 9.17) is 0 Å². The number of rotatable bonds is 13. The predicted octanol–water partition coefficient (Wildman–Crippen LogP) is 5.74. The van der Waals surface area contributed by atoms with Gasteiger partial charge in [0.15, 0.2) is 0 Å². The third-order valence-electron chi connectivity index (χ3n) is 4.27. The molecule has 1 heterocycles. The van der Waals surface area contributed by atoms with Crippen molar-refractivity contribution in [2.75, 3.05) is 13.6 Å². The van der Waals surface area contributed by atoms with Crippen molar-refractivity contribution in [2.45, 2.75) is 84.6 Å². The van der Waals surface area contributed by atoms with Crippen LogP contribution in [-0.4, -0.2) is 23.5 Å².